The fourth-order valence-corrected chi connectivity index (χ4v) is 2.82. The molecule has 1 unspecified atom stereocenters. The van der Waals surface area contributed by atoms with Crippen LogP contribution in [-0.4, -0.2) is 31.2 Å². The summed E-state index contributed by atoms with van der Waals surface area (Å²) >= 11 is 11.9. The zero-order valence-electron chi connectivity index (χ0n) is 14.5. The second-order valence-electron chi connectivity index (χ2n) is 5.90. The average Bonchev–Trinajstić information content (AvgIpc) is 2.64. The largest absolute Gasteiger partial charge is 0.486 e. The first-order chi connectivity index (χ1) is 12.9. The van der Waals surface area contributed by atoms with E-state index in [1.807, 2.05) is 0 Å². The molecule has 0 saturated heterocycles. The normalized spacial score (nSPS) is 13.6. The lowest BCUT2D eigenvalue weighted by atomic mass is 10.1. The van der Waals surface area contributed by atoms with Gasteiger partial charge in [0.2, 0.25) is 0 Å². The van der Waals surface area contributed by atoms with Crippen molar-refractivity contribution >= 4 is 40.8 Å². The number of anilines is 1. The molecule has 1 atom stereocenters. The Morgan fingerprint density at radius 2 is 1.85 bits per heavy atom. The highest BCUT2D eigenvalue weighted by molar-refractivity contribution is 6.35. The molecule has 0 bridgehead atoms. The van der Waals surface area contributed by atoms with Crippen molar-refractivity contribution in [1.82, 2.24) is 0 Å². The molecule has 1 N–H and O–H groups in total. The van der Waals surface area contributed by atoms with E-state index in [0.717, 1.165) is 0 Å². The Kier molecular flexibility index (Phi) is 6.08. The van der Waals surface area contributed by atoms with Crippen LogP contribution in [-0.2, 0) is 20.7 Å². The lowest BCUT2D eigenvalue weighted by molar-refractivity contribution is -0.152. The third-order valence-electron chi connectivity index (χ3n) is 3.82. The Bertz CT molecular complexity index is 871. The molecule has 2 aromatic carbocycles. The van der Waals surface area contributed by atoms with Crippen molar-refractivity contribution in [2.24, 2.45) is 0 Å². The minimum absolute atomic E-state index is 0.00613. The lowest BCUT2D eigenvalue weighted by Gasteiger charge is -2.19. The smallest absolute Gasteiger partial charge is 0.311 e. The van der Waals surface area contributed by atoms with Gasteiger partial charge in [0.15, 0.2) is 17.6 Å². The molecule has 0 aliphatic carbocycles. The highest BCUT2D eigenvalue weighted by atomic mass is 35.5. The van der Waals surface area contributed by atoms with Crippen molar-refractivity contribution in [3.05, 3.63) is 52.0 Å². The highest BCUT2D eigenvalue weighted by Gasteiger charge is 2.20. The van der Waals surface area contributed by atoms with E-state index in [1.165, 1.54) is 13.0 Å². The quantitative estimate of drug-likeness (QED) is 0.758. The third kappa shape index (κ3) is 5.05. The third-order valence-corrected chi connectivity index (χ3v) is 4.38. The number of fused-ring (bicyclic) bond motifs is 1. The summed E-state index contributed by atoms with van der Waals surface area (Å²) in [5, 5.41) is 3.36. The molecule has 1 aliphatic rings. The van der Waals surface area contributed by atoms with Crippen LogP contribution < -0.4 is 14.8 Å². The predicted molar refractivity (Wildman–Crippen MR) is 102 cm³/mol. The number of hydrogen-bond donors (Lipinski definition) is 1. The van der Waals surface area contributed by atoms with Gasteiger partial charge in [-0.2, -0.15) is 0 Å². The first-order valence-electron chi connectivity index (χ1n) is 8.26. The molecule has 1 amide bonds. The number of rotatable bonds is 5. The molecule has 0 fully saturated rings. The molecule has 0 saturated carbocycles. The Balaban J connectivity index is 1.57. The predicted octanol–water partition coefficient (Wildman–Crippen LogP) is 3.88. The van der Waals surface area contributed by atoms with E-state index in [2.05, 4.69) is 5.32 Å². The van der Waals surface area contributed by atoms with Crippen LogP contribution in [0.2, 0.25) is 10.0 Å². The number of carbonyl (C=O) groups is 2. The van der Waals surface area contributed by atoms with E-state index in [-0.39, 0.29) is 6.42 Å². The molecule has 1 aliphatic heterocycles. The van der Waals surface area contributed by atoms with Crippen LogP contribution in [0.15, 0.2) is 36.4 Å². The Hall–Kier alpha value is -2.44. The SMILES string of the molecule is CC(OC(=O)Cc1ccc2c(c1)OCCO2)C(=O)Nc1cc(Cl)ccc1Cl. The molecular formula is C19H17Cl2NO5. The van der Waals surface area contributed by atoms with Crippen LogP contribution in [0.25, 0.3) is 0 Å². The van der Waals surface area contributed by atoms with Gasteiger partial charge in [-0.25, -0.2) is 0 Å². The van der Waals surface area contributed by atoms with Gasteiger partial charge in [-0.15, -0.1) is 0 Å². The van der Waals surface area contributed by atoms with Gasteiger partial charge in [0.25, 0.3) is 5.91 Å². The number of ether oxygens (including phenoxy) is 3. The molecule has 142 valence electrons. The average molecular weight is 410 g/mol. The molecule has 0 aromatic heterocycles. The van der Waals surface area contributed by atoms with Crippen LogP contribution in [0, 0.1) is 0 Å². The second kappa shape index (κ2) is 8.50. The van der Waals surface area contributed by atoms with Gasteiger partial charge < -0.3 is 19.5 Å². The summed E-state index contributed by atoms with van der Waals surface area (Å²) in [4.78, 5) is 24.4. The van der Waals surface area contributed by atoms with E-state index < -0.39 is 18.0 Å². The number of hydrogen-bond acceptors (Lipinski definition) is 5. The molecule has 3 rings (SSSR count). The molecule has 1 heterocycles. The molecule has 6 nitrogen and oxygen atoms in total. The number of carbonyl (C=O) groups excluding carboxylic acids is 2. The topological polar surface area (TPSA) is 73.9 Å². The molecule has 27 heavy (non-hydrogen) atoms. The van der Waals surface area contributed by atoms with Gasteiger partial charge in [0.05, 0.1) is 17.1 Å². The van der Waals surface area contributed by atoms with Crippen molar-refractivity contribution in [2.75, 3.05) is 18.5 Å². The minimum Gasteiger partial charge on any atom is -0.486 e. The molecule has 8 heteroatoms. The standard InChI is InChI=1S/C19H17Cl2NO5/c1-11(19(24)22-15-10-13(20)3-4-14(15)21)27-18(23)9-12-2-5-16-17(8-12)26-7-6-25-16/h2-5,8,10-11H,6-7,9H2,1H3,(H,22,24). The van der Waals surface area contributed by atoms with Crippen molar-refractivity contribution in [3.8, 4) is 11.5 Å². The maximum Gasteiger partial charge on any atom is 0.311 e. The van der Waals surface area contributed by atoms with Gasteiger partial charge in [0.1, 0.15) is 13.2 Å². The zero-order chi connectivity index (χ0) is 19.4. The van der Waals surface area contributed by atoms with E-state index in [9.17, 15) is 9.59 Å². The van der Waals surface area contributed by atoms with Crippen molar-refractivity contribution < 1.29 is 23.8 Å². The number of benzene rings is 2. The lowest BCUT2D eigenvalue weighted by Crippen LogP contribution is -2.30. The van der Waals surface area contributed by atoms with Gasteiger partial charge in [-0.3, -0.25) is 9.59 Å². The fourth-order valence-electron chi connectivity index (χ4n) is 2.48. The molecular weight excluding hydrogens is 393 g/mol. The Labute approximate surface area is 166 Å². The van der Waals surface area contributed by atoms with E-state index >= 15 is 0 Å². The summed E-state index contributed by atoms with van der Waals surface area (Å²) in [6.07, 6.45) is -0.989. The summed E-state index contributed by atoms with van der Waals surface area (Å²) in [7, 11) is 0. The van der Waals surface area contributed by atoms with Gasteiger partial charge in [-0.05, 0) is 42.8 Å². The summed E-state index contributed by atoms with van der Waals surface area (Å²) in [6, 6.07) is 9.92. The first-order valence-corrected chi connectivity index (χ1v) is 9.02. The molecule has 0 spiro atoms. The van der Waals surface area contributed by atoms with Crippen LogP contribution in [0.1, 0.15) is 12.5 Å². The van der Waals surface area contributed by atoms with Gasteiger partial charge in [-0.1, -0.05) is 29.3 Å². The second-order valence-corrected chi connectivity index (χ2v) is 6.74. The van der Waals surface area contributed by atoms with E-state index in [1.54, 1.807) is 30.3 Å². The minimum atomic E-state index is -0.996. The summed E-state index contributed by atoms with van der Waals surface area (Å²) in [5.41, 5.74) is 1.05. The van der Waals surface area contributed by atoms with E-state index in [4.69, 9.17) is 37.4 Å². The van der Waals surface area contributed by atoms with Crippen LogP contribution in [0.3, 0.4) is 0 Å². The van der Waals surface area contributed by atoms with Crippen molar-refractivity contribution in [3.63, 3.8) is 0 Å². The summed E-state index contributed by atoms with van der Waals surface area (Å²) < 4.78 is 16.1. The van der Waals surface area contributed by atoms with E-state index in [0.29, 0.717) is 46.0 Å². The number of halogens is 2. The number of nitrogens with one attached hydrogen (secondary N) is 1. The van der Waals surface area contributed by atoms with Crippen molar-refractivity contribution in [2.45, 2.75) is 19.4 Å². The van der Waals surface area contributed by atoms with Crippen LogP contribution in [0.4, 0.5) is 5.69 Å². The zero-order valence-corrected chi connectivity index (χ0v) is 16.0. The Morgan fingerprint density at radius 1 is 1.11 bits per heavy atom. The first kappa shape index (κ1) is 19.3. The maximum atomic E-state index is 12.2. The monoisotopic (exact) mass is 409 g/mol. The maximum absolute atomic E-state index is 12.2. The van der Waals surface area contributed by atoms with Crippen molar-refractivity contribution in [1.29, 1.82) is 0 Å². The fraction of sp³-hybridized carbons (Fsp3) is 0.263. The highest BCUT2D eigenvalue weighted by Crippen LogP contribution is 2.31. The van der Waals surface area contributed by atoms with Crippen LogP contribution >= 0.6 is 23.2 Å². The summed E-state index contributed by atoms with van der Waals surface area (Å²) in [5.74, 6) is 0.193. The Morgan fingerprint density at radius 3 is 2.63 bits per heavy atom. The summed E-state index contributed by atoms with van der Waals surface area (Å²) in [6.45, 7) is 2.44. The number of amides is 1. The van der Waals surface area contributed by atoms with Gasteiger partial charge >= 0.3 is 5.97 Å². The molecule has 0 radical (unpaired) electrons. The van der Waals surface area contributed by atoms with Crippen LogP contribution in [0.5, 0.6) is 11.5 Å². The molecule has 2 aromatic rings. The van der Waals surface area contributed by atoms with Gasteiger partial charge in [0, 0.05) is 5.02 Å². The number of esters is 1.